The average molecular weight is 539 g/mol. The van der Waals surface area contributed by atoms with E-state index in [0.717, 1.165) is 81.8 Å². The van der Waals surface area contributed by atoms with Crippen LogP contribution in [0.5, 0.6) is 5.75 Å². The number of amides is 1. The van der Waals surface area contributed by atoms with E-state index in [4.69, 9.17) is 19.8 Å². The summed E-state index contributed by atoms with van der Waals surface area (Å²) in [6.07, 6.45) is 9.03. The summed E-state index contributed by atoms with van der Waals surface area (Å²) in [4.78, 5) is 29.8. The number of ether oxygens (including phenoxy) is 1. The number of aryl methyl sites for hydroxylation is 4. The standard InChI is InChI=1S/C30H34N8O2/c1-6-7-23-29-18(2)28(30(39)36-12-10-31-11-13-36)20(4)37(29)17-27(35-23)38-25-14-24(34-19(3)21(25)16-33-38)22-15-32-9-8-26(22)40-5/h8-9,14-17,31H,6-7,10-13H2,1-5H3. The van der Waals surface area contributed by atoms with Gasteiger partial charge in [-0.3, -0.25) is 14.8 Å². The van der Waals surface area contributed by atoms with E-state index in [0.29, 0.717) is 24.7 Å². The Morgan fingerprint density at radius 1 is 1.12 bits per heavy atom. The van der Waals surface area contributed by atoms with Crippen LogP contribution in [0.15, 0.2) is 36.9 Å². The number of piperazine rings is 1. The fourth-order valence-corrected chi connectivity index (χ4v) is 5.82. The molecule has 0 atom stereocenters. The van der Waals surface area contributed by atoms with Crippen molar-refractivity contribution >= 4 is 22.3 Å². The molecule has 5 aromatic heterocycles. The zero-order valence-electron chi connectivity index (χ0n) is 23.7. The smallest absolute Gasteiger partial charge is 0.256 e. The van der Waals surface area contributed by atoms with E-state index in [1.165, 1.54) is 0 Å². The molecule has 0 saturated carbocycles. The average Bonchev–Trinajstić information content (AvgIpc) is 3.52. The van der Waals surface area contributed by atoms with Gasteiger partial charge in [-0.05, 0) is 44.9 Å². The van der Waals surface area contributed by atoms with E-state index in [9.17, 15) is 4.79 Å². The highest BCUT2D eigenvalue weighted by Gasteiger charge is 2.27. The van der Waals surface area contributed by atoms with Crippen molar-refractivity contribution in [3.05, 3.63) is 65.1 Å². The first kappa shape index (κ1) is 25.9. The summed E-state index contributed by atoms with van der Waals surface area (Å²) in [7, 11) is 1.64. The highest BCUT2D eigenvalue weighted by atomic mass is 16.5. The maximum Gasteiger partial charge on any atom is 0.256 e. The van der Waals surface area contributed by atoms with Crippen LogP contribution < -0.4 is 10.1 Å². The van der Waals surface area contributed by atoms with Gasteiger partial charge in [-0.25, -0.2) is 9.67 Å². The number of aromatic nitrogens is 6. The number of hydrogen-bond acceptors (Lipinski definition) is 7. The van der Waals surface area contributed by atoms with Crippen molar-refractivity contribution in [2.75, 3.05) is 33.3 Å². The van der Waals surface area contributed by atoms with Gasteiger partial charge >= 0.3 is 0 Å². The molecule has 0 unspecified atom stereocenters. The summed E-state index contributed by atoms with van der Waals surface area (Å²) in [6.45, 7) is 11.3. The molecular formula is C30H34N8O2. The summed E-state index contributed by atoms with van der Waals surface area (Å²) in [6, 6.07) is 3.84. The van der Waals surface area contributed by atoms with Gasteiger partial charge < -0.3 is 19.4 Å². The number of nitrogens with one attached hydrogen (secondary N) is 1. The largest absolute Gasteiger partial charge is 0.496 e. The number of hydrogen-bond donors (Lipinski definition) is 1. The molecular weight excluding hydrogens is 504 g/mol. The molecule has 0 spiro atoms. The van der Waals surface area contributed by atoms with E-state index in [2.05, 4.69) is 21.6 Å². The van der Waals surface area contributed by atoms with Gasteiger partial charge in [0.25, 0.3) is 5.91 Å². The third-order valence-electron chi connectivity index (χ3n) is 7.82. The predicted molar refractivity (Wildman–Crippen MR) is 154 cm³/mol. The maximum absolute atomic E-state index is 13.7. The van der Waals surface area contributed by atoms with Gasteiger partial charge in [-0.2, -0.15) is 5.10 Å². The minimum atomic E-state index is 0.0884. The van der Waals surface area contributed by atoms with Gasteiger partial charge in [-0.15, -0.1) is 0 Å². The lowest BCUT2D eigenvalue weighted by atomic mass is 10.1. The monoisotopic (exact) mass is 538 g/mol. The zero-order chi connectivity index (χ0) is 28.0. The number of methoxy groups -OCH3 is 1. The summed E-state index contributed by atoms with van der Waals surface area (Å²) in [5.41, 5.74) is 7.97. The Kier molecular flexibility index (Phi) is 6.71. The SMILES string of the molecule is CCCc1nc(-n2ncc3c(C)nc(-c4cnccc4OC)cc32)cn2c(C)c(C(=O)N3CCNCC3)c(C)c12. The molecule has 10 heteroatoms. The Morgan fingerprint density at radius 2 is 1.93 bits per heavy atom. The number of pyridine rings is 2. The molecule has 1 aliphatic rings. The van der Waals surface area contributed by atoms with Crippen LogP contribution in [-0.4, -0.2) is 73.2 Å². The molecule has 10 nitrogen and oxygen atoms in total. The lowest BCUT2D eigenvalue weighted by Gasteiger charge is -2.27. The lowest BCUT2D eigenvalue weighted by Crippen LogP contribution is -2.46. The van der Waals surface area contributed by atoms with Crippen LogP contribution in [0.25, 0.3) is 33.5 Å². The van der Waals surface area contributed by atoms with Crippen molar-refractivity contribution in [3.8, 4) is 22.8 Å². The van der Waals surface area contributed by atoms with Crippen molar-refractivity contribution in [2.45, 2.75) is 40.5 Å². The summed E-state index contributed by atoms with van der Waals surface area (Å²) >= 11 is 0. The van der Waals surface area contributed by atoms with Crippen molar-refractivity contribution < 1.29 is 9.53 Å². The second-order valence-corrected chi connectivity index (χ2v) is 10.3. The Labute approximate surface area is 233 Å². The van der Waals surface area contributed by atoms with Crippen LogP contribution in [0.4, 0.5) is 0 Å². The fraction of sp³-hybridized carbons (Fsp3) is 0.367. The second kappa shape index (κ2) is 10.3. The third kappa shape index (κ3) is 4.19. The minimum absolute atomic E-state index is 0.0884. The zero-order valence-corrected chi connectivity index (χ0v) is 23.7. The molecule has 1 saturated heterocycles. The van der Waals surface area contributed by atoms with Crippen LogP contribution >= 0.6 is 0 Å². The molecule has 206 valence electrons. The van der Waals surface area contributed by atoms with Gasteiger partial charge in [0.05, 0.1) is 53.1 Å². The number of fused-ring (bicyclic) bond motifs is 2. The summed E-state index contributed by atoms with van der Waals surface area (Å²) in [5, 5.41) is 9.03. The van der Waals surface area contributed by atoms with Gasteiger partial charge in [0.15, 0.2) is 5.82 Å². The maximum atomic E-state index is 13.7. The number of rotatable bonds is 6. The van der Waals surface area contributed by atoms with Crippen LogP contribution in [0.3, 0.4) is 0 Å². The highest BCUT2D eigenvalue weighted by molar-refractivity contribution is 5.99. The molecule has 1 fully saturated rings. The first-order chi connectivity index (χ1) is 19.4. The first-order valence-electron chi connectivity index (χ1n) is 13.8. The van der Waals surface area contributed by atoms with E-state index in [1.807, 2.05) is 54.9 Å². The number of carbonyl (C=O) groups is 1. The predicted octanol–water partition coefficient (Wildman–Crippen LogP) is 4.06. The minimum Gasteiger partial charge on any atom is -0.496 e. The lowest BCUT2D eigenvalue weighted by molar-refractivity contribution is 0.0734. The Morgan fingerprint density at radius 3 is 2.67 bits per heavy atom. The molecule has 1 N–H and O–H groups in total. The number of carbonyl (C=O) groups excluding carboxylic acids is 1. The van der Waals surface area contributed by atoms with Crippen LogP contribution in [0, 0.1) is 20.8 Å². The molecule has 0 aliphatic carbocycles. The van der Waals surface area contributed by atoms with E-state index < -0.39 is 0 Å². The molecule has 40 heavy (non-hydrogen) atoms. The van der Waals surface area contributed by atoms with Gasteiger partial charge in [0.1, 0.15) is 5.75 Å². The first-order valence-corrected chi connectivity index (χ1v) is 13.8. The second-order valence-electron chi connectivity index (χ2n) is 10.3. The molecule has 1 aliphatic heterocycles. The Hall–Kier alpha value is -4.31. The van der Waals surface area contributed by atoms with E-state index in [-0.39, 0.29) is 5.91 Å². The normalized spacial score (nSPS) is 13.9. The van der Waals surface area contributed by atoms with Gasteiger partial charge in [0.2, 0.25) is 0 Å². The molecule has 1 amide bonds. The van der Waals surface area contributed by atoms with Crippen molar-refractivity contribution in [1.29, 1.82) is 0 Å². The molecule has 0 bridgehead atoms. The highest BCUT2D eigenvalue weighted by Crippen LogP contribution is 2.32. The Balaban J connectivity index is 1.54. The third-order valence-corrected chi connectivity index (χ3v) is 7.82. The van der Waals surface area contributed by atoms with Gasteiger partial charge in [-0.1, -0.05) is 13.3 Å². The van der Waals surface area contributed by atoms with Crippen LogP contribution in [0.2, 0.25) is 0 Å². The topological polar surface area (TPSA) is 102 Å². The summed E-state index contributed by atoms with van der Waals surface area (Å²) in [5.74, 6) is 1.49. The fourth-order valence-electron chi connectivity index (χ4n) is 5.82. The quantitative estimate of drug-likeness (QED) is 0.348. The molecule has 6 rings (SSSR count). The van der Waals surface area contributed by atoms with E-state index >= 15 is 0 Å². The molecule has 6 heterocycles. The number of nitrogens with zero attached hydrogens (tertiary/aromatic N) is 7. The van der Waals surface area contributed by atoms with Crippen LogP contribution in [-0.2, 0) is 6.42 Å². The van der Waals surface area contributed by atoms with Crippen molar-refractivity contribution in [2.24, 2.45) is 0 Å². The summed E-state index contributed by atoms with van der Waals surface area (Å²) < 4.78 is 9.57. The van der Waals surface area contributed by atoms with Crippen molar-refractivity contribution in [1.82, 2.24) is 39.3 Å². The molecule has 0 radical (unpaired) electrons. The van der Waals surface area contributed by atoms with E-state index in [1.54, 1.807) is 19.5 Å². The van der Waals surface area contributed by atoms with Crippen LogP contribution in [0.1, 0.15) is 46.3 Å². The Bertz CT molecular complexity index is 1750. The van der Waals surface area contributed by atoms with Gasteiger partial charge in [0, 0.05) is 55.3 Å². The van der Waals surface area contributed by atoms with Crippen molar-refractivity contribution in [3.63, 3.8) is 0 Å². The molecule has 0 aromatic carbocycles. The molecule has 5 aromatic rings.